The zero-order valence-corrected chi connectivity index (χ0v) is 23.8. The monoisotopic (exact) mass is 593 g/mol. The summed E-state index contributed by atoms with van der Waals surface area (Å²) in [7, 11) is -3.30. The molecule has 3 N–H and O–H groups in total. The molecule has 2 aromatic carbocycles. The van der Waals surface area contributed by atoms with Crippen molar-refractivity contribution >= 4 is 16.0 Å². The van der Waals surface area contributed by atoms with E-state index in [-0.39, 0.29) is 29.9 Å². The highest BCUT2D eigenvalue weighted by atomic mass is 32.2. The lowest BCUT2D eigenvalue weighted by Gasteiger charge is -2.29. The number of β-amino-alcohol motifs (C(OH)–C–C–N with tert-alkyl or cyclic N) is 1. The number of benzene rings is 2. The van der Waals surface area contributed by atoms with Gasteiger partial charge in [0.1, 0.15) is 5.69 Å². The standard InChI is InChI=1S/C29H34F3N3O5S/c1-28(2,14-8-11-20-9-5-4-6-10-20)33-18-23(36)19-35(3)41(39,40)24-16-21(15-22(17-24)29(30,31)32)25-12-7-13-26(34-25)27(37)38/h4-7,9-10,12-13,15-17,23,33,36H,8,11,14,18-19H2,1-3H3,(H,37,38). The summed E-state index contributed by atoms with van der Waals surface area (Å²) in [5.41, 5.74) is -1.11. The maximum atomic E-state index is 13.7. The maximum Gasteiger partial charge on any atom is 0.416 e. The van der Waals surface area contributed by atoms with Crippen molar-refractivity contribution in [3.8, 4) is 11.3 Å². The summed E-state index contributed by atoms with van der Waals surface area (Å²) in [6, 6.07) is 16.0. The van der Waals surface area contributed by atoms with E-state index in [1.807, 2.05) is 32.0 Å². The van der Waals surface area contributed by atoms with E-state index < -0.39 is 44.4 Å². The number of alkyl halides is 3. The van der Waals surface area contributed by atoms with Gasteiger partial charge in [-0.3, -0.25) is 0 Å². The molecule has 1 aromatic heterocycles. The minimum atomic E-state index is -4.88. The third kappa shape index (κ3) is 9.09. The van der Waals surface area contributed by atoms with Crippen molar-refractivity contribution in [2.75, 3.05) is 20.1 Å². The summed E-state index contributed by atoms with van der Waals surface area (Å²) in [4.78, 5) is 14.5. The predicted molar refractivity (Wildman–Crippen MR) is 149 cm³/mol. The lowest BCUT2D eigenvalue weighted by atomic mass is 9.95. The number of aliphatic hydroxyl groups excluding tert-OH is 1. The minimum Gasteiger partial charge on any atom is -0.477 e. The Morgan fingerprint density at radius 2 is 1.73 bits per heavy atom. The van der Waals surface area contributed by atoms with Crippen LogP contribution >= 0.6 is 0 Å². The number of hydrogen-bond donors (Lipinski definition) is 3. The fourth-order valence-electron chi connectivity index (χ4n) is 4.28. The number of aromatic carboxylic acids is 1. The van der Waals surface area contributed by atoms with E-state index in [1.165, 1.54) is 30.8 Å². The molecule has 0 saturated carbocycles. The predicted octanol–water partition coefficient (Wildman–Crippen LogP) is 4.84. The summed E-state index contributed by atoms with van der Waals surface area (Å²) in [6.07, 6.45) is -3.42. The van der Waals surface area contributed by atoms with Crippen LogP contribution in [0.3, 0.4) is 0 Å². The number of hydrogen-bond acceptors (Lipinski definition) is 6. The zero-order valence-electron chi connectivity index (χ0n) is 23.0. The molecule has 1 heterocycles. The zero-order chi connectivity index (χ0) is 30.4. The first-order valence-corrected chi connectivity index (χ1v) is 14.4. The van der Waals surface area contributed by atoms with Gasteiger partial charge < -0.3 is 15.5 Å². The van der Waals surface area contributed by atoms with Crippen LogP contribution in [0.4, 0.5) is 13.2 Å². The van der Waals surface area contributed by atoms with Crippen LogP contribution in [0.2, 0.25) is 0 Å². The van der Waals surface area contributed by atoms with E-state index in [2.05, 4.69) is 22.4 Å². The normalized spacial score (nSPS) is 13.4. The lowest BCUT2D eigenvalue weighted by Crippen LogP contribution is -2.46. The number of nitrogens with zero attached hydrogens (tertiary/aromatic N) is 2. The molecule has 0 aliphatic rings. The van der Waals surface area contributed by atoms with Crippen LogP contribution in [-0.4, -0.2) is 65.7 Å². The number of carboxylic acid groups (broad SMARTS) is 1. The largest absolute Gasteiger partial charge is 0.477 e. The van der Waals surface area contributed by atoms with Crippen molar-refractivity contribution in [3.63, 3.8) is 0 Å². The summed E-state index contributed by atoms with van der Waals surface area (Å²) in [5, 5.41) is 23.0. The average molecular weight is 594 g/mol. The van der Waals surface area contributed by atoms with Gasteiger partial charge in [-0.2, -0.15) is 17.5 Å². The average Bonchev–Trinajstić information content (AvgIpc) is 2.91. The number of aryl methyl sites for hydroxylation is 1. The van der Waals surface area contributed by atoms with E-state index in [0.717, 1.165) is 29.6 Å². The number of nitrogens with one attached hydrogen (secondary N) is 1. The Hall–Kier alpha value is -3.32. The van der Waals surface area contributed by atoms with Gasteiger partial charge in [0, 0.05) is 31.2 Å². The van der Waals surface area contributed by atoms with Crippen molar-refractivity contribution in [1.82, 2.24) is 14.6 Å². The minimum absolute atomic E-state index is 0.0674. The Balaban J connectivity index is 1.72. The van der Waals surface area contributed by atoms with Gasteiger partial charge >= 0.3 is 12.1 Å². The molecule has 0 aliphatic heterocycles. The van der Waals surface area contributed by atoms with Gasteiger partial charge in [-0.1, -0.05) is 36.4 Å². The van der Waals surface area contributed by atoms with Crippen molar-refractivity contribution in [2.45, 2.75) is 55.8 Å². The van der Waals surface area contributed by atoms with E-state index in [4.69, 9.17) is 0 Å². The fraction of sp³-hybridized carbons (Fsp3) is 0.379. The number of aromatic nitrogens is 1. The van der Waals surface area contributed by atoms with E-state index in [1.54, 1.807) is 0 Å². The summed E-state index contributed by atoms with van der Waals surface area (Å²) in [5.74, 6) is -1.38. The van der Waals surface area contributed by atoms with Crippen molar-refractivity contribution in [2.24, 2.45) is 0 Å². The number of halogens is 3. The second-order valence-electron chi connectivity index (χ2n) is 10.5. The van der Waals surface area contributed by atoms with Crippen molar-refractivity contribution in [3.05, 3.63) is 83.6 Å². The first-order valence-electron chi connectivity index (χ1n) is 12.9. The molecule has 222 valence electrons. The molecule has 0 saturated heterocycles. The quantitative estimate of drug-likeness (QED) is 0.260. The molecule has 41 heavy (non-hydrogen) atoms. The summed E-state index contributed by atoms with van der Waals surface area (Å²) in [6.45, 7) is 3.65. The SMILES string of the molecule is CN(CC(O)CNC(C)(C)CCCc1ccccc1)S(=O)(=O)c1cc(-c2cccc(C(=O)O)n2)cc(C(F)(F)F)c1. The lowest BCUT2D eigenvalue weighted by molar-refractivity contribution is -0.137. The molecule has 12 heteroatoms. The molecule has 0 spiro atoms. The van der Waals surface area contributed by atoms with Crippen LogP contribution in [0.15, 0.2) is 71.6 Å². The van der Waals surface area contributed by atoms with Gasteiger partial charge in [0.15, 0.2) is 0 Å². The number of rotatable bonds is 13. The van der Waals surface area contributed by atoms with Crippen LogP contribution in [0, 0.1) is 0 Å². The molecule has 0 amide bonds. The number of likely N-dealkylation sites (N-methyl/N-ethyl adjacent to an activating group) is 1. The van der Waals surface area contributed by atoms with E-state index in [9.17, 15) is 36.6 Å². The second-order valence-corrected chi connectivity index (χ2v) is 12.5. The fourth-order valence-corrected chi connectivity index (χ4v) is 5.56. The molecular formula is C29H34F3N3O5S. The molecule has 1 atom stereocenters. The molecular weight excluding hydrogens is 559 g/mol. The number of pyridine rings is 1. The highest BCUT2D eigenvalue weighted by molar-refractivity contribution is 7.89. The molecule has 0 fully saturated rings. The van der Waals surface area contributed by atoms with Crippen LogP contribution in [0.5, 0.6) is 0 Å². The molecule has 0 bridgehead atoms. The third-order valence-electron chi connectivity index (χ3n) is 6.60. The number of aliphatic hydroxyl groups is 1. The van der Waals surface area contributed by atoms with E-state index in [0.29, 0.717) is 12.1 Å². The van der Waals surface area contributed by atoms with Crippen molar-refractivity contribution < 1.29 is 36.6 Å². The molecule has 1 unspecified atom stereocenters. The van der Waals surface area contributed by atoms with Gasteiger partial charge in [-0.05, 0) is 69.0 Å². The first-order chi connectivity index (χ1) is 19.1. The van der Waals surface area contributed by atoms with Crippen LogP contribution in [-0.2, 0) is 22.6 Å². The summed E-state index contributed by atoms with van der Waals surface area (Å²) >= 11 is 0. The Kier molecular flexibility index (Phi) is 10.3. The third-order valence-corrected chi connectivity index (χ3v) is 8.40. The molecule has 3 aromatic rings. The molecule has 0 radical (unpaired) electrons. The summed E-state index contributed by atoms with van der Waals surface area (Å²) < 4.78 is 68.5. The van der Waals surface area contributed by atoms with Crippen LogP contribution in [0.1, 0.15) is 48.3 Å². The Labute approximate surface area is 237 Å². The Morgan fingerprint density at radius 1 is 1.05 bits per heavy atom. The number of carbonyl (C=O) groups is 1. The number of carboxylic acids is 1. The molecule has 0 aliphatic carbocycles. The second kappa shape index (κ2) is 13.1. The highest BCUT2D eigenvalue weighted by Crippen LogP contribution is 2.35. The van der Waals surface area contributed by atoms with Crippen molar-refractivity contribution in [1.29, 1.82) is 0 Å². The molecule has 8 nitrogen and oxygen atoms in total. The van der Waals surface area contributed by atoms with Gasteiger partial charge in [0.05, 0.1) is 22.3 Å². The van der Waals surface area contributed by atoms with Gasteiger partial charge in [0.25, 0.3) is 0 Å². The highest BCUT2D eigenvalue weighted by Gasteiger charge is 2.34. The van der Waals surface area contributed by atoms with Crippen LogP contribution in [0.25, 0.3) is 11.3 Å². The first kappa shape index (κ1) is 32.2. The van der Waals surface area contributed by atoms with Crippen LogP contribution < -0.4 is 5.32 Å². The smallest absolute Gasteiger partial charge is 0.416 e. The molecule has 3 rings (SSSR count). The van der Waals surface area contributed by atoms with Gasteiger partial charge in [-0.15, -0.1) is 0 Å². The van der Waals surface area contributed by atoms with E-state index >= 15 is 0 Å². The van der Waals surface area contributed by atoms with Gasteiger partial charge in [0.2, 0.25) is 10.0 Å². The Morgan fingerprint density at radius 3 is 2.37 bits per heavy atom. The topological polar surface area (TPSA) is 120 Å². The van der Waals surface area contributed by atoms with Gasteiger partial charge in [-0.25, -0.2) is 18.2 Å². The number of sulfonamides is 1. The maximum absolute atomic E-state index is 13.7. The Bertz CT molecular complexity index is 1450.